The lowest BCUT2D eigenvalue weighted by Gasteiger charge is -2.39. The van der Waals surface area contributed by atoms with Crippen LogP contribution in [0.1, 0.15) is 50.1 Å². The van der Waals surface area contributed by atoms with Crippen LogP contribution in [-0.2, 0) is 10.8 Å². The summed E-state index contributed by atoms with van der Waals surface area (Å²) in [6, 6.07) is 70.5. The fraction of sp³-hybridized carbons (Fsp3) is 0.107. The lowest BCUT2D eigenvalue weighted by Crippen LogP contribution is -2.29. The summed E-state index contributed by atoms with van der Waals surface area (Å²) < 4.78 is 6.73. The summed E-state index contributed by atoms with van der Waals surface area (Å²) in [5, 5.41) is 1.13. The summed E-state index contributed by atoms with van der Waals surface area (Å²) in [4.78, 5) is 4.78. The van der Waals surface area contributed by atoms with Gasteiger partial charge < -0.3 is 14.2 Å². The first-order chi connectivity index (χ1) is 28.8. The molecule has 3 heteroatoms. The second-order valence-electron chi connectivity index (χ2n) is 17.0. The van der Waals surface area contributed by atoms with E-state index < -0.39 is 0 Å². The highest BCUT2D eigenvalue weighted by molar-refractivity contribution is 6.01. The van der Waals surface area contributed by atoms with Gasteiger partial charge in [-0.1, -0.05) is 135 Å². The number of benzene rings is 8. The molecule has 0 saturated heterocycles. The van der Waals surface area contributed by atoms with E-state index in [-0.39, 0.29) is 10.8 Å². The number of hydrogen-bond acceptors (Lipinski definition) is 3. The first-order valence-electron chi connectivity index (χ1n) is 20.6. The van der Waals surface area contributed by atoms with Gasteiger partial charge in [0.15, 0.2) is 0 Å². The van der Waals surface area contributed by atoms with E-state index in [1.807, 2.05) is 0 Å². The average molecular weight is 761 g/mol. The van der Waals surface area contributed by atoms with Crippen LogP contribution in [0.3, 0.4) is 0 Å². The summed E-state index contributed by atoms with van der Waals surface area (Å²) in [6.45, 7) is 9.28. The average Bonchev–Trinajstić information content (AvgIpc) is 3.78. The molecule has 11 rings (SSSR count). The van der Waals surface area contributed by atoms with Gasteiger partial charge >= 0.3 is 0 Å². The molecule has 0 radical (unpaired) electrons. The standard InChI is InChI=1S/C56H44N2O/c1-55(2)48-21-13-11-19-45(48)46-33-32-44(36-49(46)55)57(42-28-23-38(24-29-42)37-15-7-5-8-16-37)43-30-25-39(26-31-43)40-27-34-51-50(35-40)56(3,4)54-53(47-20-12-14-22-52(47)59-54)58(51)41-17-9-6-10-18-41/h5-36H,1-4H3. The van der Waals surface area contributed by atoms with Gasteiger partial charge in [-0.2, -0.15) is 0 Å². The highest BCUT2D eigenvalue weighted by Crippen LogP contribution is 2.56. The van der Waals surface area contributed by atoms with Crippen LogP contribution in [-0.4, -0.2) is 0 Å². The molecule has 0 unspecified atom stereocenters. The van der Waals surface area contributed by atoms with Crippen LogP contribution in [0.4, 0.5) is 34.1 Å². The minimum atomic E-state index is -0.366. The van der Waals surface area contributed by atoms with Crippen molar-refractivity contribution in [3.05, 3.63) is 217 Å². The molecule has 8 aromatic carbocycles. The fourth-order valence-electron chi connectivity index (χ4n) is 9.69. The number of hydrogen-bond donors (Lipinski definition) is 0. The van der Waals surface area contributed by atoms with Crippen molar-refractivity contribution < 1.29 is 4.42 Å². The Kier molecular flexibility index (Phi) is 7.87. The van der Waals surface area contributed by atoms with Crippen molar-refractivity contribution in [2.24, 2.45) is 0 Å². The number of rotatable bonds is 6. The molecule has 1 aromatic heterocycles. The van der Waals surface area contributed by atoms with E-state index in [9.17, 15) is 0 Å². The molecule has 0 fully saturated rings. The van der Waals surface area contributed by atoms with Crippen molar-refractivity contribution in [2.45, 2.75) is 38.5 Å². The molecule has 1 aliphatic carbocycles. The third-order valence-corrected chi connectivity index (χ3v) is 12.8. The third kappa shape index (κ3) is 5.49. The van der Waals surface area contributed by atoms with E-state index in [2.05, 4.69) is 232 Å². The van der Waals surface area contributed by atoms with Gasteiger partial charge in [-0.15, -0.1) is 0 Å². The molecule has 9 aromatic rings. The Bertz CT molecular complexity index is 3030. The molecule has 0 saturated carbocycles. The summed E-state index contributed by atoms with van der Waals surface area (Å²) in [6.07, 6.45) is 0. The smallest absolute Gasteiger partial charge is 0.139 e. The van der Waals surface area contributed by atoms with Crippen molar-refractivity contribution in [3.63, 3.8) is 0 Å². The molecule has 0 atom stereocenters. The molecule has 2 heterocycles. The zero-order valence-corrected chi connectivity index (χ0v) is 33.8. The van der Waals surface area contributed by atoms with Crippen LogP contribution in [0.2, 0.25) is 0 Å². The van der Waals surface area contributed by atoms with Crippen molar-refractivity contribution in [2.75, 3.05) is 9.80 Å². The minimum absolute atomic E-state index is 0.103. The maximum absolute atomic E-state index is 6.73. The first-order valence-corrected chi connectivity index (χ1v) is 20.6. The largest absolute Gasteiger partial charge is 0.458 e. The topological polar surface area (TPSA) is 19.6 Å². The maximum Gasteiger partial charge on any atom is 0.139 e. The lowest BCUT2D eigenvalue weighted by molar-refractivity contribution is 0.450. The highest BCUT2D eigenvalue weighted by Gasteiger charge is 2.42. The first kappa shape index (κ1) is 35.1. The second kappa shape index (κ2) is 13.2. The molecular formula is C56H44N2O. The summed E-state index contributed by atoms with van der Waals surface area (Å²) >= 11 is 0. The van der Waals surface area contributed by atoms with Gasteiger partial charge in [0.25, 0.3) is 0 Å². The highest BCUT2D eigenvalue weighted by atomic mass is 16.3. The second-order valence-corrected chi connectivity index (χ2v) is 17.0. The quantitative estimate of drug-likeness (QED) is 0.168. The van der Waals surface area contributed by atoms with Crippen LogP contribution in [0.5, 0.6) is 0 Å². The van der Waals surface area contributed by atoms with E-state index in [0.717, 1.165) is 45.2 Å². The number of fused-ring (bicyclic) bond motifs is 7. The van der Waals surface area contributed by atoms with Crippen LogP contribution < -0.4 is 9.80 Å². The van der Waals surface area contributed by atoms with Gasteiger partial charge in [-0.3, -0.25) is 0 Å². The van der Waals surface area contributed by atoms with E-state index in [4.69, 9.17) is 4.42 Å². The number of nitrogens with zero attached hydrogens (tertiary/aromatic N) is 2. The fourth-order valence-corrected chi connectivity index (χ4v) is 9.69. The molecular weight excluding hydrogens is 717 g/mol. The maximum atomic E-state index is 6.73. The Morgan fingerprint density at radius 1 is 0.424 bits per heavy atom. The van der Waals surface area contributed by atoms with Gasteiger partial charge in [0.2, 0.25) is 0 Å². The van der Waals surface area contributed by atoms with Gasteiger partial charge in [0.1, 0.15) is 11.3 Å². The Morgan fingerprint density at radius 3 is 1.71 bits per heavy atom. The Hall–Kier alpha value is -7.10. The van der Waals surface area contributed by atoms with Gasteiger partial charge in [-0.05, 0) is 137 Å². The van der Waals surface area contributed by atoms with E-state index in [1.165, 1.54) is 55.8 Å². The monoisotopic (exact) mass is 760 g/mol. The SMILES string of the molecule is CC1(C)c2ccccc2-c2ccc(N(c3ccc(-c4ccccc4)cc3)c3ccc(-c4ccc5c(c4)C(C)(C)c4oc6ccccc6c4N5c4ccccc4)cc3)cc21. The zero-order valence-electron chi connectivity index (χ0n) is 33.8. The molecule has 1 aliphatic heterocycles. The molecule has 284 valence electrons. The predicted octanol–water partition coefficient (Wildman–Crippen LogP) is 15.7. The summed E-state index contributed by atoms with van der Waals surface area (Å²) in [5.74, 6) is 0.983. The lowest BCUT2D eigenvalue weighted by atomic mass is 9.76. The van der Waals surface area contributed by atoms with E-state index >= 15 is 0 Å². The molecule has 2 aliphatic rings. The Balaban J connectivity index is 1.01. The molecule has 3 nitrogen and oxygen atoms in total. The van der Waals surface area contributed by atoms with Crippen molar-refractivity contribution >= 4 is 45.1 Å². The zero-order chi connectivity index (χ0) is 39.9. The number of para-hydroxylation sites is 2. The summed E-state index contributed by atoms with van der Waals surface area (Å²) in [5.41, 5.74) is 18.6. The van der Waals surface area contributed by atoms with E-state index in [1.54, 1.807) is 0 Å². The van der Waals surface area contributed by atoms with Crippen molar-refractivity contribution in [3.8, 4) is 33.4 Å². The summed E-state index contributed by atoms with van der Waals surface area (Å²) in [7, 11) is 0. The van der Waals surface area contributed by atoms with Crippen LogP contribution in [0, 0.1) is 0 Å². The number of anilines is 6. The van der Waals surface area contributed by atoms with Gasteiger partial charge in [-0.25, -0.2) is 0 Å². The molecule has 0 bridgehead atoms. The third-order valence-electron chi connectivity index (χ3n) is 12.8. The normalized spacial score (nSPS) is 14.3. The van der Waals surface area contributed by atoms with Crippen molar-refractivity contribution in [1.82, 2.24) is 0 Å². The van der Waals surface area contributed by atoms with Gasteiger partial charge in [0, 0.05) is 33.6 Å². The molecule has 0 N–H and O–H groups in total. The Morgan fingerprint density at radius 2 is 0.983 bits per heavy atom. The molecule has 0 amide bonds. The minimum Gasteiger partial charge on any atom is -0.458 e. The Labute approximate surface area is 346 Å². The van der Waals surface area contributed by atoms with Gasteiger partial charge in [0.05, 0.1) is 16.8 Å². The van der Waals surface area contributed by atoms with E-state index in [0.29, 0.717) is 0 Å². The van der Waals surface area contributed by atoms with Crippen LogP contribution in [0.15, 0.2) is 199 Å². The van der Waals surface area contributed by atoms with Crippen molar-refractivity contribution in [1.29, 1.82) is 0 Å². The number of furan rings is 1. The molecule has 59 heavy (non-hydrogen) atoms. The van der Waals surface area contributed by atoms with Crippen LogP contribution in [0.25, 0.3) is 44.3 Å². The molecule has 0 spiro atoms. The van der Waals surface area contributed by atoms with Crippen LogP contribution >= 0.6 is 0 Å². The predicted molar refractivity (Wildman–Crippen MR) is 246 cm³/mol.